The van der Waals surface area contributed by atoms with E-state index < -0.39 is 0 Å². The molecule has 5 nitrogen and oxygen atoms in total. The smallest absolute Gasteiger partial charge is 0.222 e. The minimum absolute atomic E-state index is 0.104. The van der Waals surface area contributed by atoms with Gasteiger partial charge in [0.25, 0.3) is 0 Å². The third-order valence-corrected chi connectivity index (χ3v) is 3.14. The first-order chi connectivity index (χ1) is 7.74. The fourth-order valence-electron chi connectivity index (χ4n) is 2.34. The van der Waals surface area contributed by atoms with Gasteiger partial charge in [-0.15, -0.1) is 0 Å². The van der Waals surface area contributed by atoms with Crippen LogP contribution in [0.3, 0.4) is 0 Å². The van der Waals surface area contributed by atoms with Gasteiger partial charge in [-0.25, -0.2) is 0 Å². The van der Waals surface area contributed by atoms with Gasteiger partial charge in [0.2, 0.25) is 5.91 Å². The Kier molecular flexibility index (Phi) is 3.24. The van der Waals surface area contributed by atoms with Gasteiger partial charge in [-0.1, -0.05) is 6.92 Å². The van der Waals surface area contributed by atoms with Crippen LogP contribution in [-0.4, -0.2) is 28.8 Å². The van der Waals surface area contributed by atoms with Crippen LogP contribution in [-0.2, 0) is 11.3 Å². The van der Waals surface area contributed by atoms with Gasteiger partial charge in [0.15, 0.2) is 0 Å². The number of aryl methyl sites for hydroxylation is 1. The van der Waals surface area contributed by atoms with Crippen molar-refractivity contribution >= 4 is 5.91 Å². The van der Waals surface area contributed by atoms with E-state index in [0.29, 0.717) is 6.54 Å². The Morgan fingerprint density at radius 3 is 3.19 bits per heavy atom. The summed E-state index contributed by atoms with van der Waals surface area (Å²) in [4.78, 5) is 11.3. The molecule has 1 aromatic heterocycles. The van der Waals surface area contributed by atoms with Crippen LogP contribution in [0.25, 0.3) is 0 Å². The number of primary amides is 1. The third kappa shape index (κ3) is 1.95. The highest BCUT2D eigenvalue weighted by molar-refractivity contribution is 5.78. The Balaban J connectivity index is 2.22. The molecule has 1 fully saturated rings. The zero-order valence-electron chi connectivity index (χ0n) is 9.52. The van der Waals surface area contributed by atoms with Crippen molar-refractivity contribution in [1.29, 1.82) is 0 Å². The van der Waals surface area contributed by atoms with Crippen LogP contribution < -0.4 is 11.1 Å². The molecule has 0 aliphatic carbocycles. The molecule has 2 rings (SSSR count). The summed E-state index contributed by atoms with van der Waals surface area (Å²) in [6, 6.07) is 1.99. The summed E-state index contributed by atoms with van der Waals surface area (Å²) in [7, 11) is 0. The van der Waals surface area contributed by atoms with Gasteiger partial charge in [-0.2, -0.15) is 5.10 Å². The van der Waals surface area contributed by atoms with Crippen molar-refractivity contribution in [3.05, 3.63) is 18.0 Å². The molecule has 1 amide bonds. The van der Waals surface area contributed by atoms with E-state index in [1.807, 2.05) is 10.7 Å². The van der Waals surface area contributed by atoms with Crippen molar-refractivity contribution in [2.24, 2.45) is 11.7 Å². The highest BCUT2D eigenvalue weighted by Crippen LogP contribution is 2.27. The lowest BCUT2D eigenvalue weighted by molar-refractivity contribution is -0.121. The van der Waals surface area contributed by atoms with E-state index in [-0.39, 0.29) is 17.7 Å². The van der Waals surface area contributed by atoms with Gasteiger partial charge in [0.05, 0.1) is 5.92 Å². The van der Waals surface area contributed by atoms with Crippen LogP contribution in [0.2, 0.25) is 0 Å². The van der Waals surface area contributed by atoms with E-state index in [0.717, 1.165) is 25.2 Å². The van der Waals surface area contributed by atoms with Crippen molar-refractivity contribution in [3.63, 3.8) is 0 Å². The zero-order valence-corrected chi connectivity index (χ0v) is 9.52. The molecule has 3 N–H and O–H groups in total. The maximum absolute atomic E-state index is 11.3. The number of nitrogens with one attached hydrogen (secondary N) is 1. The molecule has 16 heavy (non-hydrogen) atoms. The predicted molar refractivity (Wildman–Crippen MR) is 60.8 cm³/mol. The Labute approximate surface area is 95.0 Å². The van der Waals surface area contributed by atoms with Crippen molar-refractivity contribution < 1.29 is 4.79 Å². The monoisotopic (exact) mass is 222 g/mol. The van der Waals surface area contributed by atoms with Gasteiger partial charge in [-0.05, 0) is 12.5 Å². The van der Waals surface area contributed by atoms with E-state index in [1.165, 1.54) is 0 Å². The number of amides is 1. The van der Waals surface area contributed by atoms with Crippen molar-refractivity contribution in [2.75, 3.05) is 13.1 Å². The van der Waals surface area contributed by atoms with Crippen LogP contribution in [0.5, 0.6) is 0 Å². The van der Waals surface area contributed by atoms with Gasteiger partial charge in [0, 0.05) is 37.4 Å². The number of aromatic nitrogens is 2. The molecular weight excluding hydrogens is 204 g/mol. The van der Waals surface area contributed by atoms with E-state index in [2.05, 4.69) is 17.3 Å². The molecule has 88 valence electrons. The first-order valence-corrected chi connectivity index (χ1v) is 5.75. The molecule has 5 heteroatoms. The first-order valence-electron chi connectivity index (χ1n) is 5.75. The summed E-state index contributed by atoms with van der Waals surface area (Å²) in [5, 5.41) is 7.50. The highest BCUT2D eigenvalue weighted by Gasteiger charge is 2.34. The lowest BCUT2D eigenvalue weighted by Crippen LogP contribution is -2.29. The van der Waals surface area contributed by atoms with Crippen LogP contribution >= 0.6 is 0 Å². The average Bonchev–Trinajstić information content (AvgIpc) is 2.83. The van der Waals surface area contributed by atoms with Crippen LogP contribution in [0.15, 0.2) is 12.3 Å². The number of hydrogen-bond donors (Lipinski definition) is 2. The molecule has 1 aromatic rings. The Morgan fingerprint density at radius 2 is 2.50 bits per heavy atom. The van der Waals surface area contributed by atoms with Crippen molar-refractivity contribution in [1.82, 2.24) is 15.1 Å². The molecular formula is C11H18N4O. The fraction of sp³-hybridized carbons (Fsp3) is 0.636. The van der Waals surface area contributed by atoms with Gasteiger partial charge < -0.3 is 11.1 Å². The van der Waals surface area contributed by atoms with Gasteiger partial charge >= 0.3 is 0 Å². The topological polar surface area (TPSA) is 72.9 Å². The number of carbonyl (C=O) groups is 1. The average molecular weight is 222 g/mol. The molecule has 2 heterocycles. The number of carbonyl (C=O) groups excluding carboxylic acids is 1. The number of nitrogens with two attached hydrogens (primary N) is 1. The first kappa shape index (κ1) is 11.1. The summed E-state index contributed by atoms with van der Waals surface area (Å²) in [6.45, 7) is 4.49. The molecule has 0 saturated carbocycles. The summed E-state index contributed by atoms with van der Waals surface area (Å²) >= 11 is 0. The normalized spacial score (nSPS) is 24.8. The molecule has 1 aliphatic rings. The minimum Gasteiger partial charge on any atom is -0.369 e. The SMILES string of the molecule is CCCn1nccc1C1CNCC1C(N)=O. The quantitative estimate of drug-likeness (QED) is 0.758. The van der Waals surface area contributed by atoms with Gasteiger partial charge in [-0.3, -0.25) is 9.48 Å². The summed E-state index contributed by atoms with van der Waals surface area (Å²) in [5.74, 6) is -0.155. The maximum Gasteiger partial charge on any atom is 0.222 e. The molecule has 0 aromatic carbocycles. The minimum atomic E-state index is -0.223. The van der Waals surface area contributed by atoms with E-state index in [9.17, 15) is 4.79 Å². The molecule has 2 unspecified atom stereocenters. The van der Waals surface area contributed by atoms with Crippen molar-refractivity contribution in [2.45, 2.75) is 25.8 Å². The summed E-state index contributed by atoms with van der Waals surface area (Å²) in [5.41, 5.74) is 6.53. The maximum atomic E-state index is 11.3. The highest BCUT2D eigenvalue weighted by atomic mass is 16.1. The Morgan fingerprint density at radius 1 is 1.69 bits per heavy atom. The molecule has 2 atom stereocenters. The molecule has 0 radical (unpaired) electrons. The second-order valence-corrected chi connectivity index (χ2v) is 4.25. The number of nitrogens with zero attached hydrogens (tertiary/aromatic N) is 2. The van der Waals surface area contributed by atoms with E-state index >= 15 is 0 Å². The summed E-state index contributed by atoms with van der Waals surface area (Å²) < 4.78 is 1.98. The predicted octanol–water partition coefficient (Wildman–Crippen LogP) is 0.0814. The van der Waals surface area contributed by atoms with Crippen LogP contribution in [0.1, 0.15) is 25.0 Å². The largest absolute Gasteiger partial charge is 0.369 e. The molecule has 1 saturated heterocycles. The molecule has 0 bridgehead atoms. The fourth-order valence-corrected chi connectivity index (χ4v) is 2.34. The molecule has 1 aliphatic heterocycles. The second kappa shape index (κ2) is 4.65. The Bertz CT molecular complexity index is 374. The lowest BCUT2D eigenvalue weighted by Gasteiger charge is -2.17. The third-order valence-electron chi connectivity index (χ3n) is 3.14. The van der Waals surface area contributed by atoms with Crippen LogP contribution in [0, 0.1) is 5.92 Å². The standard InChI is InChI=1S/C11H18N4O/c1-2-5-15-10(3-4-14-15)8-6-13-7-9(8)11(12)16/h3-4,8-9,13H,2,5-7H2,1H3,(H2,12,16). The second-order valence-electron chi connectivity index (χ2n) is 4.25. The molecule has 0 spiro atoms. The van der Waals surface area contributed by atoms with Gasteiger partial charge in [0.1, 0.15) is 0 Å². The van der Waals surface area contributed by atoms with E-state index in [4.69, 9.17) is 5.73 Å². The van der Waals surface area contributed by atoms with Crippen molar-refractivity contribution in [3.8, 4) is 0 Å². The number of rotatable bonds is 4. The lowest BCUT2D eigenvalue weighted by atomic mass is 9.92. The summed E-state index contributed by atoms with van der Waals surface area (Å²) in [6.07, 6.45) is 2.83. The Hall–Kier alpha value is -1.36. The van der Waals surface area contributed by atoms with Crippen LogP contribution in [0.4, 0.5) is 0 Å². The van der Waals surface area contributed by atoms with E-state index in [1.54, 1.807) is 6.20 Å². The zero-order chi connectivity index (χ0) is 11.5. The number of hydrogen-bond acceptors (Lipinski definition) is 3.